The van der Waals surface area contributed by atoms with Gasteiger partial charge >= 0.3 is 6.18 Å². The molecule has 0 N–H and O–H groups in total. The molecule has 1 aromatic heterocycles. The minimum Gasteiger partial charge on any atom is -0.494 e. The predicted octanol–water partition coefficient (Wildman–Crippen LogP) is 4.66. The summed E-state index contributed by atoms with van der Waals surface area (Å²) in [5.41, 5.74) is 1.39. The number of carbonyl (C=O) groups is 1. The van der Waals surface area contributed by atoms with E-state index in [1.807, 2.05) is 6.92 Å². The van der Waals surface area contributed by atoms with Crippen molar-refractivity contribution in [1.82, 2.24) is 4.90 Å². The second-order valence-corrected chi connectivity index (χ2v) is 7.16. The van der Waals surface area contributed by atoms with Crippen LogP contribution in [-0.2, 0) is 0 Å². The summed E-state index contributed by atoms with van der Waals surface area (Å²) in [5.74, 6) is 0.653. The molecule has 0 spiro atoms. The Morgan fingerprint density at radius 1 is 1.21 bits per heavy atom. The van der Waals surface area contributed by atoms with Crippen molar-refractivity contribution in [3.63, 3.8) is 0 Å². The Labute approximate surface area is 168 Å². The van der Waals surface area contributed by atoms with Crippen LogP contribution in [0.4, 0.5) is 18.9 Å². The molecule has 1 amide bonds. The van der Waals surface area contributed by atoms with E-state index in [2.05, 4.69) is 0 Å². The number of piperidine rings is 1. The number of anilines is 1. The van der Waals surface area contributed by atoms with E-state index in [9.17, 15) is 18.0 Å². The molecule has 158 valence electrons. The normalized spacial score (nSPS) is 16.0. The maximum atomic E-state index is 13.3. The zero-order valence-corrected chi connectivity index (χ0v) is 16.5. The lowest BCUT2D eigenvalue weighted by atomic mass is 10.0. The van der Waals surface area contributed by atoms with Crippen LogP contribution in [0.15, 0.2) is 41.0 Å². The third-order valence-electron chi connectivity index (χ3n) is 5.03. The highest BCUT2D eigenvalue weighted by molar-refractivity contribution is 6.05. The van der Waals surface area contributed by atoms with Gasteiger partial charge in [-0.15, -0.1) is 0 Å². The SMILES string of the molecule is CCOc1ccc(N(C(=O)c2occc2C)C2CCN(CC(F)(F)F)CC2)cc1. The van der Waals surface area contributed by atoms with E-state index in [0.717, 1.165) is 5.56 Å². The van der Waals surface area contributed by atoms with Gasteiger partial charge < -0.3 is 14.1 Å². The summed E-state index contributed by atoms with van der Waals surface area (Å²) in [4.78, 5) is 16.3. The highest BCUT2D eigenvalue weighted by atomic mass is 19.4. The monoisotopic (exact) mass is 410 g/mol. The van der Waals surface area contributed by atoms with Crippen molar-refractivity contribution in [2.45, 2.75) is 38.9 Å². The predicted molar refractivity (Wildman–Crippen MR) is 103 cm³/mol. The van der Waals surface area contributed by atoms with Gasteiger partial charge in [-0.05, 0) is 57.0 Å². The number of rotatable bonds is 6. The molecule has 0 atom stereocenters. The fourth-order valence-corrected chi connectivity index (χ4v) is 3.65. The van der Waals surface area contributed by atoms with Crippen molar-refractivity contribution in [3.8, 4) is 5.75 Å². The van der Waals surface area contributed by atoms with Gasteiger partial charge in [0.2, 0.25) is 0 Å². The Morgan fingerprint density at radius 2 is 1.86 bits per heavy atom. The number of ether oxygens (including phenoxy) is 1. The number of halogens is 3. The number of aryl methyl sites for hydroxylation is 1. The average Bonchev–Trinajstić information content (AvgIpc) is 3.09. The smallest absolute Gasteiger partial charge is 0.401 e. The standard InChI is InChI=1S/C21H25F3N2O3/c1-3-28-18-6-4-16(5-7-18)26(20(27)19-15(2)10-13-29-19)17-8-11-25(12-9-17)14-21(22,23)24/h4-7,10,13,17H,3,8-9,11-12,14H2,1-2H3. The first kappa shape index (κ1) is 21.2. The molecule has 2 heterocycles. The molecule has 1 aromatic carbocycles. The van der Waals surface area contributed by atoms with Crippen molar-refractivity contribution >= 4 is 11.6 Å². The van der Waals surface area contributed by atoms with E-state index >= 15 is 0 Å². The quantitative estimate of drug-likeness (QED) is 0.695. The lowest BCUT2D eigenvalue weighted by Gasteiger charge is -2.38. The molecule has 8 heteroatoms. The molecule has 29 heavy (non-hydrogen) atoms. The highest BCUT2D eigenvalue weighted by Crippen LogP contribution is 2.29. The van der Waals surface area contributed by atoms with Crippen LogP contribution in [0.2, 0.25) is 0 Å². The van der Waals surface area contributed by atoms with E-state index in [4.69, 9.17) is 9.15 Å². The number of carbonyl (C=O) groups excluding carboxylic acids is 1. The Bertz CT molecular complexity index is 809. The number of nitrogens with zero attached hydrogens (tertiary/aromatic N) is 2. The lowest BCUT2D eigenvalue weighted by molar-refractivity contribution is -0.147. The number of amides is 1. The van der Waals surface area contributed by atoms with Crippen LogP contribution in [0.25, 0.3) is 0 Å². The molecule has 1 aliphatic heterocycles. The van der Waals surface area contributed by atoms with E-state index < -0.39 is 12.7 Å². The topological polar surface area (TPSA) is 45.9 Å². The van der Waals surface area contributed by atoms with Gasteiger partial charge in [-0.25, -0.2) is 0 Å². The van der Waals surface area contributed by atoms with Crippen molar-refractivity contribution in [2.24, 2.45) is 0 Å². The van der Waals surface area contributed by atoms with Gasteiger partial charge in [-0.3, -0.25) is 9.69 Å². The number of likely N-dealkylation sites (tertiary alicyclic amines) is 1. The third kappa shape index (κ3) is 5.32. The van der Waals surface area contributed by atoms with Crippen LogP contribution in [0.1, 0.15) is 35.9 Å². The van der Waals surface area contributed by atoms with Crippen molar-refractivity contribution in [1.29, 1.82) is 0 Å². The van der Waals surface area contributed by atoms with E-state index in [-0.39, 0.29) is 30.8 Å². The van der Waals surface area contributed by atoms with E-state index in [0.29, 0.717) is 30.9 Å². The fraction of sp³-hybridized carbons (Fsp3) is 0.476. The van der Waals surface area contributed by atoms with Crippen LogP contribution in [-0.4, -0.2) is 49.3 Å². The zero-order chi connectivity index (χ0) is 21.0. The highest BCUT2D eigenvalue weighted by Gasteiger charge is 2.36. The van der Waals surface area contributed by atoms with Crippen molar-refractivity contribution in [2.75, 3.05) is 31.1 Å². The number of hydrogen-bond donors (Lipinski definition) is 0. The van der Waals surface area contributed by atoms with Gasteiger partial charge in [-0.1, -0.05) is 0 Å². The Morgan fingerprint density at radius 3 is 2.38 bits per heavy atom. The first-order valence-electron chi connectivity index (χ1n) is 9.68. The second-order valence-electron chi connectivity index (χ2n) is 7.16. The Balaban J connectivity index is 1.82. The molecule has 0 aliphatic carbocycles. The number of alkyl halides is 3. The number of benzene rings is 1. The molecular formula is C21H25F3N2O3. The second kappa shape index (κ2) is 8.90. The van der Waals surface area contributed by atoms with Gasteiger partial charge in [0.25, 0.3) is 5.91 Å². The van der Waals surface area contributed by atoms with Gasteiger partial charge in [0.1, 0.15) is 5.75 Å². The summed E-state index contributed by atoms with van der Waals surface area (Å²) < 4.78 is 48.9. The number of furan rings is 1. The molecule has 0 saturated carbocycles. The minimum atomic E-state index is -4.22. The summed E-state index contributed by atoms with van der Waals surface area (Å²) in [7, 11) is 0. The van der Waals surface area contributed by atoms with Crippen LogP contribution >= 0.6 is 0 Å². The van der Waals surface area contributed by atoms with Gasteiger partial charge in [0.15, 0.2) is 5.76 Å². The molecule has 0 radical (unpaired) electrons. The zero-order valence-electron chi connectivity index (χ0n) is 16.5. The summed E-state index contributed by atoms with van der Waals surface area (Å²) in [5, 5.41) is 0. The molecular weight excluding hydrogens is 385 g/mol. The maximum absolute atomic E-state index is 13.3. The Hall–Kier alpha value is -2.48. The first-order valence-corrected chi connectivity index (χ1v) is 9.68. The summed E-state index contributed by atoms with van der Waals surface area (Å²) in [6.07, 6.45) is -1.85. The number of hydrogen-bond acceptors (Lipinski definition) is 4. The van der Waals surface area contributed by atoms with Crippen LogP contribution in [0, 0.1) is 6.92 Å². The van der Waals surface area contributed by atoms with Crippen molar-refractivity contribution in [3.05, 3.63) is 47.9 Å². The molecule has 1 aliphatic rings. The first-order chi connectivity index (χ1) is 13.8. The summed E-state index contributed by atoms with van der Waals surface area (Å²) in [6.45, 7) is 3.85. The van der Waals surface area contributed by atoms with E-state index in [1.165, 1.54) is 11.2 Å². The summed E-state index contributed by atoms with van der Waals surface area (Å²) >= 11 is 0. The van der Waals surface area contributed by atoms with Crippen LogP contribution in [0.5, 0.6) is 5.75 Å². The molecule has 0 bridgehead atoms. The maximum Gasteiger partial charge on any atom is 0.401 e. The Kier molecular flexibility index (Phi) is 6.52. The van der Waals surface area contributed by atoms with Crippen molar-refractivity contribution < 1.29 is 27.1 Å². The lowest BCUT2D eigenvalue weighted by Crippen LogP contribution is -2.49. The van der Waals surface area contributed by atoms with Crippen LogP contribution in [0.3, 0.4) is 0 Å². The van der Waals surface area contributed by atoms with Gasteiger partial charge in [0.05, 0.1) is 19.4 Å². The largest absolute Gasteiger partial charge is 0.494 e. The third-order valence-corrected chi connectivity index (χ3v) is 5.03. The van der Waals surface area contributed by atoms with Gasteiger partial charge in [0, 0.05) is 30.4 Å². The van der Waals surface area contributed by atoms with E-state index in [1.54, 1.807) is 42.2 Å². The van der Waals surface area contributed by atoms with Crippen LogP contribution < -0.4 is 9.64 Å². The fourth-order valence-electron chi connectivity index (χ4n) is 3.65. The average molecular weight is 410 g/mol. The molecule has 1 saturated heterocycles. The molecule has 3 rings (SSSR count). The van der Waals surface area contributed by atoms with Gasteiger partial charge in [-0.2, -0.15) is 13.2 Å². The molecule has 0 unspecified atom stereocenters. The molecule has 2 aromatic rings. The summed E-state index contributed by atoms with van der Waals surface area (Å²) in [6, 6.07) is 8.66. The minimum absolute atomic E-state index is 0.213. The molecule has 1 fully saturated rings. The molecule has 5 nitrogen and oxygen atoms in total.